The maximum Gasteiger partial charge on any atom is 0.116 e. The Morgan fingerprint density at radius 3 is 3.00 bits per heavy atom. The molecule has 1 saturated carbocycles. The predicted octanol–water partition coefficient (Wildman–Crippen LogP) is 2.18. The second kappa shape index (κ2) is 2.74. The van der Waals surface area contributed by atoms with E-state index in [1.165, 1.54) is 25.1 Å². The van der Waals surface area contributed by atoms with Crippen LogP contribution in [0.3, 0.4) is 0 Å². The van der Waals surface area contributed by atoms with E-state index in [2.05, 4.69) is 9.38 Å². The zero-order valence-electron chi connectivity index (χ0n) is 7.98. The van der Waals surface area contributed by atoms with E-state index in [1.807, 2.05) is 24.5 Å². The highest BCUT2D eigenvalue weighted by Gasteiger charge is 2.23. The van der Waals surface area contributed by atoms with E-state index < -0.39 is 0 Å². The highest BCUT2D eigenvalue weighted by Crippen LogP contribution is 2.36. The molecular weight excluding hydrogens is 174 g/mol. The van der Waals surface area contributed by atoms with E-state index in [1.54, 1.807) is 0 Å². The van der Waals surface area contributed by atoms with Crippen LogP contribution < -0.4 is 5.73 Å². The summed E-state index contributed by atoms with van der Waals surface area (Å²) in [6.45, 7) is 0. The first-order chi connectivity index (χ1) is 6.86. The Labute approximate surface area is 82.6 Å². The van der Waals surface area contributed by atoms with Gasteiger partial charge in [-0.15, -0.1) is 0 Å². The molecule has 3 nitrogen and oxygen atoms in total. The lowest BCUT2D eigenvalue weighted by Crippen LogP contribution is -2.12. The largest absolute Gasteiger partial charge is 0.397 e. The number of nitrogens with zero attached hydrogens (tertiary/aromatic N) is 2. The Bertz CT molecular complexity index is 468. The van der Waals surface area contributed by atoms with Gasteiger partial charge in [-0.3, -0.25) is 0 Å². The van der Waals surface area contributed by atoms with Crippen molar-refractivity contribution in [3.63, 3.8) is 0 Å². The first kappa shape index (κ1) is 7.85. The Hall–Kier alpha value is -1.51. The van der Waals surface area contributed by atoms with Crippen LogP contribution in [-0.4, -0.2) is 9.38 Å². The number of nitrogens with two attached hydrogens (primary N) is 1. The highest BCUT2D eigenvalue weighted by atomic mass is 15.0. The summed E-state index contributed by atoms with van der Waals surface area (Å²) in [7, 11) is 0. The molecule has 2 heterocycles. The van der Waals surface area contributed by atoms with E-state index in [0.29, 0.717) is 5.92 Å². The predicted molar refractivity (Wildman–Crippen MR) is 56.2 cm³/mol. The number of aromatic nitrogens is 2. The summed E-state index contributed by atoms with van der Waals surface area (Å²) in [4.78, 5) is 4.46. The van der Waals surface area contributed by atoms with Crippen LogP contribution in [0.4, 0.5) is 5.69 Å². The molecule has 0 aliphatic heterocycles. The van der Waals surface area contributed by atoms with Crippen LogP contribution in [0.1, 0.15) is 31.0 Å². The summed E-state index contributed by atoms with van der Waals surface area (Å²) in [5.74, 6) is 1.83. The van der Waals surface area contributed by atoms with E-state index in [9.17, 15) is 0 Å². The van der Waals surface area contributed by atoms with Crippen LogP contribution in [-0.2, 0) is 0 Å². The SMILES string of the molecule is Nc1cccn2c(C3CCC3)ncc12. The van der Waals surface area contributed by atoms with E-state index >= 15 is 0 Å². The summed E-state index contributed by atoms with van der Waals surface area (Å²) in [5.41, 5.74) is 7.72. The molecule has 2 aromatic heterocycles. The van der Waals surface area contributed by atoms with Crippen molar-refractivity contribution < 1.29 is 0 Å². The fourth-order valence-corrected chi connectivity index (χ4v) is 2.03. The van der Waals surface area contributed by atoms with E-state index in [-0.39, 0.29) is 0 Å². The first-order valence-corrected chi connectivity index (χ1v) is 5.08. The van der Waals surface area contributed by atoms with Crippen molar-refractivity contribution in [2.45, 2.75) is 25.2 Å². The fourth-order valence-electron chi connectivity index (χ4n) is 2.03. The van der Waals surface area contributed by atoms with Crippen LogP contribution in [0.25, 0.3) is 5.52 Å². The molecule has 0 amide bonds. The van der Waals surface area contributed by atoms with E-state index in [4.69, 9.17) is 5.73 Å². The molecule has 0 bridgehead atoms. The number of pyridine rings is 1. The lowest BCUT2D eigenvalue weighted by molar-refractivity contribution is 0.400. The minimum Gasteiger partial charge on any atom is -0.397 e. The zero-order chi connectivity index (χ0) is 9.54. The minimum absolute atomic E-state index is 0.652. The van der Waals surface area contributed by atoms with Gasteiger partial charge in [0.2, 0.25) is 0 Å². The highest BCUT2D eigenvalue weighted by molar-refractivity contribution is 5.68. The molecule has 0 aromatic carbocycles. The molecule has 0 radical (unpaired) electrons. The third kappa shape index (κ3) is 0.953. The normalized spacial score (nSPS) is 17.1. The maximum atomic E-state index is 5.87. The van der Waals surface area contributed by atoms with Crippen molar-refractivity contribution in [3.05, 3.63) is 30.4 Å². The number of hydrogen-bond donors (Lipinski definition) is 1. The topological polar surface area (TPSA) is 43.3 Å². The monoisotopic (exact) mass is 187 g/mol. The van der Waals surface area contributed by atoms with Crippen LogP contribution >= 0.6 is 0 Å². The molecule has 3 heteroatoms. The quantitative estimate of drug-likeness (QED) is 0.743. The van der Waals surface area contributed by atoms with Gasteiger partial charge < -0.3 is 10.1 Å². The second-order valence-corrected chi connectivity index (χ2v) is 3.96. The molecule has 1 aliphatic rings. The Kier molecular flexibility index (Phi) is 1.54. The van der Waals surface area contributed by atoms with Gasteiger partial charge in [-0.05, 0) is 25.0 Å². The minimum atomic E-state index is 0.652. The first-order valence-electron chi connectivity index (χ1n) is 5.08. The molecule has 72 valence electrons. The van der Waals surface area contributed by atoms with Crippen molar-refractivity contribution >= 4 is 11.2 Å². The molecule has 2 N–H and O–H groups in total. The average Bonchev–Trinajstić information content (AvgIpc) is 2.48. The molecule has 1 aliphatic carbocycles. The van der Waals surface area contributed by atoms with Crippen LogP contribution in [0.5, 0.6) is 0 Å². The Morgan fingerprint density at radius 2 is 2.29 bits per heavy atom. The lowest BCUT2D eigenvalue weighted by Gasteiger charge is -2.23. The van der Waals surface area contributed by atoms with Gasteiger partial charge in [-0.2, -0.15) is 0 Å². The smallest absolute Gasteiger partial charge is 0.116 e. The molecule has 3 rings (SSSR count). The summed E-state index contributed by atoms with van der Waals surface area (Å²) in [6.07, 6.45) is 7.80. The summed E-state index contributed by atoms with van der Waals surface area (Å²) in [6, 6.07) is 3.90. The number of imidazole rings is 1. The van der Waals surface area contributed by atoms with Crippen molar-refractivity contribution in [3.8, 4) is 0 Å². The van der Waals surface area contributed by atoms with Crippen molar-refractivity contribution in [2.24, 2.45) is 0 Å². The number of hydrogen-bond acceptors (Lipinski definition) is 2. The molecule has 0 atom stereocenters. The van der Waals surface area contributed by atoms with Crippen molar-refractivity contribution in [1.29, 1.82) is 0 Å². The third-order valence-corrected chi connectivity index (χ3v) is 3.10. The van der Waals surface area contributed by atoms with Crippen LogP contribution in [0.2, 0.25) is 0 Å². The molecule has 1 fully saturated rings. The molecule has 2 aromatic rings. The van der Waals surface area contributed by atoms with Gasteiger partial charge in [0, 0.05) is 12.1 Å². The standard InChI is InChI=1S/C11H13N3/c12-9-5-2-6-14-10(9)7-13-11(14)8-3-1-4-8/h2,5-8H,1,3-4,12H2. The molecule has 14 heavy (non-hydrogen) atoms. The maximum absolute atomic E-state index is 5.87. The molecule has 0 spiro atoms. The van der Waals surface area contributed by atoms with Crippen LogP contribution in [0.15, 0.2) is 24.5 Å². The summed E-state index contributed by atoms with van der Waals surface area (Å²) in [5, 5.41) is 0. The number of anilines is 1. The lowest BCUT2D eigenvalue weighted by atomic mass is 9.85. The van der Waals surface area contributed by atoms with Crippen molar-refractivity contribution in [1.82, 2.24) is 9.38 Å². The van der Waals surface area contributed by atoms with Crippen LogP contribution in [0, 0.1) is 0 Å². The Morgan fingerprint density at radius 1 is 1.43 bits per heavy atom. The molecule has 0 saturated heterocycles. The van der Waals surface area contributed by atoms with Gasteiger partial charge in [0.1, 0.15) is 5.82 Å². The van der Waals surface area contributed by atoms with E-state index in [0.717, 1.165) is 11.2 Å². The molecular formula is C11H13N3. The zero-order valence-corrected chi connectivity index (χ0v) is 7.98. The second-order valence-electron chi connectivity index (χ2n) is 3.96. The van der Waals surface area contributed by atoms with Gasteiger partial charge in [-0.25, -0.2) is 4.98 Å². The van der Waals surface area contributed by atoms with Crippen molar-refractivity contribution in [2.75, 3.05) is 5.73 Å². The van der Waals surface area contributed by atoms with Gasteiger partial charge in [0.15, 0.2) is 0 Å². The molecule has 0 unspecified atom stereocenters. The van der Waals surface area contributed by atoms with Gasteiger partial charge in [0.25, 0.3) is 0 Å². The number of fused-ring (bicyclic) bond motifs is 1. The van der Waals surface area contributed by atoms with Gasteiger partial charge in [-0.1, -0.05) is 6.42 Å². The summed E-state index contributed by atoms with van der Waals surface area (Å²) < 4.78 is 2.12. The van der Waals surface area contributed by atoms with Gasteiger partial charge >= 0.3 is 0 Å². The summed E-state index contributed by atoms with van der Waals surface area (Å²) >= 11 is 0. The number of rotatable bonds is 1. The number of nitrogen functional groups attached to an aromatic ring is 1. The average molecular weight is 187 g/mol. The fraction of sp³-hybridized carbons (Fsp3) is 0.364. The third-order valence-electron chi connectivity index (χ3n) is 3.10. The van der Waals surface area contributed by atoms with Gasteiger partial charge in [0.05, 0.1) is 17.4 Å². The Balaban J connectivity index is 2.20.